The van der Waals surface area contributed by atoms with Crippen LogP contribution in [-0.4, -0.2) is 279 Å². The zero-order valence-electron chi connectivity index (χ0n) is 81.4. The van der Waals surface area contributed by atoms with Gasteiger partial charge in [0.25, 0.3) is 17.1 Å². The maximum atomic E-state index is 13.7. The summed E-state index contributed by atoms with van der Waals surface area (Å²) in [5.74, 6) is -3.25. The van der Waals surface area contributed by atoms with E-state index in [2.05, 4.69) is 52.4 Å². The fourth-order valence-corrected chi connectivity index (χ4v) is 20.5. The maximum Gasteiger partial charge on any atom is 0.410 e. The van der Waals surface area contributed by atoms with Crippen LogP contribution in [0.1, 0.15) is 169 Å². The molecule has 3 saturated carbocycles. The third-order valence-corrected chi connectivity index (χ3v) is 29.9. The molecule has 3 aliphatic carbocycles. The second kappa shape index (κ2) is 51.1. The lowest BCUT2D eigenvalue weighted by Crippen LogP contribution is -2.54. The smallest absolute Gasteiger partial charge is 0.410 e. The molecule has 6 aliphatic rings. The average molecular weight is 2160 g/mol. The molecule has 17 rings (SSSR count). The Morgan fingerprint density at radius 2 is 0.728 bits per heavy atom. The number of carboxylic acid groups (broad SMARTS) is 1. The van der Waals surface area contributed by atoms with E-state index in [-0.39, 0.29) is 164 Å². The van der Waals surface area contributed by atoms with Gasteiger partial charge in [-0.25, -0.2) is 75.7 Å². The summed E-state index contributed by atoms with van der Waals surface area (Å²) in [7, 11) is -2.11. The first-order valence-corrected chi connectivity index (χ1v) is 56.1. The molecule has 0 spiro atoms. The maximum absolute atomic E-state index is 13.7. The fraction of sp³-hybridized carbons (Fsp3) is 0.382. The summed E-state index contributed by atoms with van der Waals surface area (Å²) >= 11 is 5.32. The van der Waals surface area contributed by atoms with Crippen LogP contribution in [0.5, 0.6) is 0 Å². The SMILES string of the molecule is CC(C)(C)OC(=O)N(CC[C@H](N)C(=O)N1CCS(=O)(=O)CC1)[C@@H]1C[C@H]1c1ccc(F)cc1.CC(C)(C)OC(=O)N(CC[C@H](NC(=O)c1ccc(-n2cccn2)cc1)C(=O)N1CCS(=O)(=O)CC1)[C@@H]1C[C@H]1c1ccc(F)cc1.O=C(Cl)c1ccc(-n2cccn2)cc1.O=C(N[C@@H](CCC[C@@H]1C[C@H]1c1ccc(F)cc1)C(=O)N1CCS(=O)(=O)CC1)c1ccc(-n2cccn2)cc1.O=C(O)c1ccc(-n2cccn2)cc1.O=S(Cl)Cl. The normalized spacial score (nSPS) is 18.7. The molecule has 784 valence electrons. The number of nitrogens with zero attached hydrogens (tertiary/aromatic N) is 13. The molecule has 7 aromatic carbocycles. The molecule has 0 unspecified atom stereocenters. The van der Waals surface area contributed by atoms with E-state index in [1.165, 1.54) is 46.2 Å². The van der Waals surface area contributed by atoms with Crippen molar-refractivity contribution in [2.24, 2.45) is 11.7 Å². The van der Waals surface area contributed by atoms with Crippen LogP contribution in [-0.2, 0) is 62.6 Å². The zero-order valence-corrected chi connectivity index (χ0v) is 87.0. The molecule has 0 radical (unpaired) electrons. The lowest BCUT2D eigenvalue weighted by Gasteiger charge is -2.32. The summed E-state index contributed by atoms with van der Waals surface area (Å²) in [4.78, 5) is 121. The Morgan fingerprint density at radius 1 is 0.435 bits per heavy atom. The Bertz CT molecular complexity index is 6560. The number of hydrogen-bond acceptors (Lipinski definition) is 23. The van der Waals surface area contributed by atoms with Gasteiger partial charge in [0, 0.05) is 164 Å². The molecule has 5 N–H and O–H groups in total. The molecule has 11 aromatic rings. The molecule has 6 fully saturated rings. The van der Waals surface area contributed by atoms with Gasteiger partial charge >= 0.3 is 18.2 Å². The van der Waals surface area contributed by atoms with Gasteiger partial charge in [0.15, 0.2) is 29.5 Å². The van der Waals surface area contributed by atoms with Crippen LogP contribution in [0.25, 0.3) is 22.7 Å². The highest BCUT2D eigenvalue weighted by molar-refractivity contribution is 8.26. The Morgan fingerprint density at radius 3 is 1.03 bits per heavy atom. The predicted octanol–water partition coefficient (Wildman–Crippen LogP) is 13.6. The number of benzene rings is 7. The molecule has 3 aliphatic heterocycles. The summed E-state index contributed by atoms with van der Waals surface area (Å²) in [6.07, 6.45) is 17.7. The van der Waals surface area contributed by atoms with E-state index in [0.29, 0.717) is 41.4 Å². The number of sulfone groups is 3. The lowest BCUT2D eigenvalue weighted by molar-refractivity contribution is -0.133. The highest BCUT2D eigenvalue weighted by Gasteiger charge is 2.49. The second-order valence-electron chi connectivity index (χ2n) is 37.8. The number of carbonyl (C=O) groups is 9. The topological polar surface area (TPSA) is 449 Å². The quantitative estimate of drug-likeness (QED) is 0.0331. The number of rotatable bonds is 28. The Labute approximate surface area is 866 Å². The van der Waals surface area contributed by atoms with Crippen molar-refractivity contribution < 1.29 is 100 Å². The number of halogens is 6. The van der Waals surface area contributed by atoms with Crippen LogP contribution in [0.4, 0.5) is 22.8 Å². The van der Waals surface area contributed by atoms with Crippen LogP contribution in [0, 0.1) is 23.4 Å². The van der Waals surface area contributed by atoms with Crippen LogP contribution in [0.2, 0.25) is 0 Å². The van der Waals surface area contributed by atoms with Crippen molar-refractivity contribution in [3.63, 3.8) is 0 Å². The highest BCUT2D eigenvalue weighted by atomic mass is 36.0. The largest absolute Gasteiger partial charge is 0.478 e. The van der Waals surface area contributed by atoms with E-state index >= 15 is 0 Å². The molecule has 147 heavy (non-hydrogen) atoms. The van der Waals surface area contributed by atoms with Crippen molar-refractivity contribution in [3.8, 4) is 22.7 Å². The number of amides is 7. The predicted molar refractivity (Wildman–Crippen MR) is 549 cm³/mol. The van der Waals surface area contributed by atoms with E-state index in [9.17, 15) is 81.6 Å². The number of nitrogens with two attached hydrogens (primary N) is 1. The van der Waals surface area contributed by atoms with Gasteiger partial charge in [-0.2, -0.15) is 20.4 Å². The number of hydrogen-bond donors (Lipinski definition) is 4. The molecule has 7 heterocycles. The molecule has 9 atom stereocenters. The number of carboxylic acids is 1. The molecule has 45 heteroatoms. The summed E-state index contributed by atoms with van der Waals surface area (Å²) in [6, 6.07) is 50.5. The molecule has 7 amide bonds. The summed E-state index contributed by atoms with van der Waals surface area (Å²) in [5.41, 5.74) is 12.5. The molecular formula is C102H116Cl3F3N16O19S4. The number of nitrogens with one attached hydrogen (secondary N) is 2. The van der Waals surface area contributed by atoms with Gasteiger partial charge in [-0.3, -0.25) is 28.8 Å². The second-order valence-corrected chi connectivity index (χ2v) is 47.6. The van der Waals surface area contributed by atoms with Gasteiger partial charge in [-0.1, -0.05) is 42.8 Å². The van der Waals surface area contributed by atoms with Gasteiger partial charge in [-0.05, 0) is 284 Å². The zero-order chi connectivity index (χ0) is 106. The number of aromatic carboxylic acids is 1. The van der Waals surface area contributed by atoms with Crippen LogP contribution < -0.4 is 16.4 Å². The molecule has 3 saturated heterocycles. The van der Waals surface area contributed by atoms with Gasteiger partial charge in [0.05, 0.1) is 68.9 Å². The minimum Gasteiger partial charge on any atom is -0.478 e. The third-order valence-electron chi connectivity index (χ3n) is 24.8. The number of ether oxygens (including phenoxy) is 2. The number of aromatic nitrogens is 8. The van der Waals surface area contributed by atoms with E-state index in [1.54, 1.807) is 240 Å². The first-order valence-electron chi connectivity index (χ1n) is 47.4. The van der Waals surface area contributed by atoms with Crippen molar-refractivity contribution in [1.29, 1.82) is 0 Å². The molecule has 4 aromatic heterocycles. The number of carbonyl (C=O) groups excluding carboxylic acids is 8. The minimum absolute atomic E-state index is 0.0250. The molecule has 35 nitrogen and oxygen atoms in total. The van der Waals surface area contributed by atoms with E-state index in [4.69, 9.17) is 36.1 Å². The molecular weight excluding hydrogens is 2040 g/mol. The van der Waals surface area contributed by atoms with Crippen molar-refractivity contribution in [2.45, 2.75) is 152 Å². The van der Waals surface area contributed by atoms with Crippen molar-refractivity contribution in [2.75, 3.05) is 86.9 Å². The Kier molecular flexibility index (Phi) is 39.2. The first kappa shape index (κ1) is 113. The highest BCUT2D eigenvalue weighted by Crippen LogP contribution is 2.51. The van der Waals surface area contributed by atoms with Gasteiger partial charge in [0.2, 0.25) is 26.9 Å². The minimum atomic E-state index is -3.24. The van der Waals surface area contributed by atoms with Crippen LogP contribution >= 0.6 is 33.0 Å². The van der Waals surface area contributed by atoms with Crippen LogP contribution in [0.3, 0.4) is 0 Å². The Hall–Kier alpha value is -13.0. The Balaban J connectivity index is 0.000000171. The fourth-order valence-electron chi connectivity index (χ4n) is 16.7. The molecule has 0 bridgehead atoms. The van der Waals surface area contributed by atoms with Gasteiger partial charge < -0.3 is 55.4 Å². The summed E-state index contributed by atoms with van der Waals surface area (Å²) in [5, 5.41) is 30.4. The van der Waals surface area contributed by atoms with Crippen molar-refractivity contribution in [1.82, 2.24) is 74.3 Å². The first-order chi connectivity index (χ1) is 69.7. The summed E-state index contributed by atoms with van der Waals surface area (Å²) < 4.78 is 138. The third kappa shape index (κ3) is 34.6. The van der Waals surface area contributed by atoms with Gasteiger partial charge in [0.1, 0.15) is 40.7 Å². The standard InChI is InChI=1S/C32H38FN5O6S.C28H31FN4O4S.C22H32FN3O5S.C10H7ClN2O.C10H8N2O2.Cl2OS/c1-32(2,3)44-31(41)37(28-21-26(28)22-5-9-24(33)10-6-22)16-13-27(30(40)36-17-19-45(42,43)20-18-36)35-29(39)23-7-11-25(12-8-23)38-15-4-14-34-38;29-23-9-5-20(6-10-23)25-19-22(25)3-1-4-26(28(35)32-15-17-38(36,37)18-16-32)31-27(34)21-7-11-24(12-8-21)33-14-2-13-30-33;1-22(2,3)31-21(28)26(19-14-17(19)15-4-6-16(23)7-5-15)9-8-18(24)20(27)25-10-12-32(29,30)13-11-25;11-10(14)8-2-4-9(5-3-8)13-7-1-6-12-13;13-10(14)8-2-4-9(5-3-8)12-7-1-6-11-12;1-4(2)3/h4-12,14-15,26-28H,13,16-21H2,1-3H3,(H,35,39);2,5-14,22,25-26H,1,3-4,15-19H2,(H,31,34);4-7,17-19H,8-14,24H2,1-3H3;1-7H;1-7H,(H,13,14);/t26-,27-,28+;22-,25+,26+;17-,18-,19+;;;/m010.../s1. The average Bonchev–Trinajstić information content (AvgIpc) is 1.64. The van der Waals surface area contributed by atoms with E-state index < -0.39 is 103 Å². The van der Waals surface area contributed by atoms with Crippen molar-refractivity contribution >= 4 is 125 Å². The van der Waals surface area contributed by atoms with Gasteiger partial charge in [-0.15, -0.1) is 0 Å². The van der Waals surface area contributed by atoms with E-state index in [0.717, 1.165) is 65.1 Å². The lowest BCUT2D eigenvalue weighted by atomic mass is 10.0. The monoisotopic (exact) mass is 2160 g/mol. The summed E-state index contributed by atoms with van der Waals surface area (Å²) in [6.45, 7) is 11.6. The van der Waals surface area contributed by atoms with Crippen molar-refractivity contribution in [3.05, 3.63) is 300 Å². The van der Waals surface area contributed by atoms with Crippen LogP contribution in [0.15, 0.2) is 244 Å². The van der Waals surface area contributed by atoms with E-state index in [1.807, 2.05) is 42.7 Å².